The Labute approximate surface area is 166 Å². The standard InChI is InChI=1S/C21H19N3O3S/c25-19(13-23-21(27)18-7-4-12-28-18)22-14-20(26)24-17-10-8-16(9-11-17)15-5-2-1-3-6-15/h1-12H,13-14H2,(H,22,25)(H,23,27)(H,24,26). The number of benzene rings is 2. The molecule has 0 aliphatic rings. The number of hydrogen-bond acceptors (Lipinski definition) is 4. The first-order chi connectivity index (χ1) is 13.6. The van der Waals surface area contributed by atoms with Gasteiger partial charge in [0.2, 0.25) is 11.8 Å². The van der Waals surface area contributed by atoms with E-state index in [2.05, 4.69) is 16.0 Å². The highest BCUT2D eigenvalue weighted by Crippen LogP contribution is 2.20. The van der Waals surface area contributed by atoms with Crippen LogP contribution in [-0.4, -0.2) is 30.8 Å². The van der Waals surface area contributed by atoms with Gasteiger partial charge >= 0.3 is 0 Å². The van der Waals surface area contributed by atoms with Crippen LogP contribution in [0.15, 0.2) is 72.1 Å². The molecular weight excluding hydrogens is 374 g/mol. The van der Waals surface area contributed by atoms with Gasteiger partial charge in [-0.05, 0) is 34.7 Å². The van der Waals surface area contributed by atoms with E-state index in [0.717, 1.165) is 11.1 Å². The predicted octanol–water partition coefficient (Wildman–Crippen LogP) is 2.90. The molecule has 2 aromatic carbocycles. The van der Waals surface area contributed by atoms with E-state index in [9.17, 15) is 14.4 Å². The van der Waals surface area contributed by atoms with Gasteiger partial charge in [-0.3, -0.25) is 14.4 Å². The average Bonchev–Trinajstić information content (AvgIpc) is 3.27. The molecule has 0 spiro atoms. The van der Waals surface area contributed by atoms with Crippen molar-refractivity contribution in [2.75, 3.05) is 18.4 Å². The number of anilines is 1. The average molecular weight is 393 g/mol. The van der Waals surface area contributed by atoms with Crippen molar-refractivity contribution in [3.63, 3.8) is 0 Å². The van der Waals surface area contributed by atoms with Gasteiger partial charge in [0.15, 0.2) is 0 Å². The third-order valence-corrected chi connectivity index (χ3v) is 4.74. The minimum absolute atomic E-state index is 0.172. The van der Waals surface area contributed by atoms with E-state index in [1.165, 1.54) is 11.3 Å². The largest absolute Gasteiger partial charge is 0.345 e. The summed E-state index contributed by atoms with van der Waals surface area (Å²) in [6.45, 7) is -0.357. The quantitative estimate of drug-likeness (QED) is 0.577. The van der Waals surface area contributed by atoms with E-state index in [1.807, 2.05) is 54.6 Å². The van der Waals surface area contributed by atoms with Crippen molar-refractivity contribution < 1.29 is 14.4 Å². The van der Waals surface area contributed by atoms with Crippen molar-refractivity contribution >= 4 is 34.7 Å². The van der Waals surface area contributed by atoms with Crippen molar-refractivity contribution in [3.8, 4) is 11.1 Å². The lowest BCUT2D eigenvalue weighted by molar-refractivity contribution is -0.123. The first-order valence-corrected chi connectivity index (χ1v) is 9.53. The van der Waals surface area contributed by atoms with Crippen LogP contribution in [0.1, 0.15) is 9.67 Å². The molecule has 28 heavy (non-hydrogen) atoms. The lowest BCUT2D eigenvalue weighted by Gasteiger charge is -2.08. The number of carbonyl (C=O) groups is 3. The van der Waals surface area contributed by atoms with Crippen molar-refractivity contribution in [2.24, 2.45) is 0 Å². The highest BCUT2D eigenvalue weighted by molar-refractivity contribution is 7.12. The molecule has 0 atom stereocenters. The summed E-state index contributed by atoms with van der Waals surface area (Å²) in [4.78, 5) is 36.0. The number of nitrogens with one attached hydrogen (secondary N) is 3. The Morgan fingerprint density at radius 3 is 2.07 bits per heavy atom. The van der Waals surface area contributed by atoms with Crippen LogP contribution < -0.4 is 16.0 Å². The van der Waals surface area contributed by atoms with Crippen LogP contribution in [-0.2, 0) is 9.59 Å². The third-order valence-electron chi connectivity index (χ3n) is 3.88. The van der Waals surface area contributed by atoms with Crippen molar-refractivity contribution in [2.45, 2.75) is 0 Å². The minimum atomic E-state index is -0.431. The van der Waals surface area contributed by atoms with Crippen LogP contribution in [0.2, 0.25) is 0 Å². The van der Waals surface area contributed by atoms with Gasteiger partial charge in [-0.1, -0.05) is 48.5 Å². The third kappa shape index (κ3) is 5.52. The van der Waals surface area contributed by atoms with Crippen LogP contribution in [0.5, 0.6) is 0 Å². The Morgan fingerprint density at radius 1 is 0.714 bits per heavy atom. The van der Waals surface area contributed by atoms with Gasteiger partial charge < -0.3 is 16.0 Å². The summed E-state index contributed by atoms with van der Waals surface area (Å²) in [5.74, 6) is -1.09. The van der Waals surface area contributed by atoms with Crippen LogP contribution >= 0.6 is 11.3 Å². The van der Waals surface area contributed by atoms with Crippen LogP contribution in [0, 0.1) is 0 Å². The van der Waals surface area contributed by atoms with Crippen molar-refractivity contribution in [1.82, 2.24) is 10.6 Å². The summed E-state index contributed by atoms with van der Waals surface area (Å²) in [6, 6.07) is 20.8. The summed E-state index contributed by atoms with van der Waals surface area (Å²) >= 11 is 1.29. The molecular formula is C21H19N3O3S. The second-order valence-electron chi connectivity index (χ2n) is 5.93. The molecule has 3 N–H and O–H groups in total. The molecule has 0 bridgehead atoms. The lowest BCUT2D eigenvalue weighted by atomic mass is 10.1. The molecule has 0 saturated carbocycles. The Kier molecular flexibility index (Phi) is 6.54. The second-order valence-corrected chi connectivity index (χ2v) is 6.88. The SMILES string of the molecule is O=C(CNC(=O)c1cccs1)NCC(=O)Nc1ccc(-c2ccccc2)cc1. The fraction of sp³-hybridized carbons (Fsp3) is 0.0952. The lowest BCUT2D eigenvalue weighted by Crippen LogP contribution is -2.40. The van der Waals surface area contributed by atoms with Gasteiger partial charge in [0, 0.05) is 5.69 Å². The summed E-state index contributed by atoms with van der Waals surface area (Å²) < 4.78 is 0. The zero-order valence-corrected chi connectivity index (χ0v) is 15.8. The van der Waals surface area contributed by atoms with Gasteiger partial charge in [0.25, 0.3) is 5.91 Å². The molecule has 3 aromatic rings. The van der Waals surface area contributed by atoms with E-state index in [1.54, 1.807) is 17.5 Å². The number of thiophene rings is 1. The van der Waals surface area contributed by atoms with Crippen molar-refractivity contribution in [1.29, 1.82) is 0 Å². The van der Waals surface area contributed by atoms with Crippen LogP contribution in [0.4, 0.5) is 5.69 Å². The fourth-order valence-corrected chi connectivity index (χ4v) is 3.12. The molecule has 1 heterocycles. The summed E-state index contributed by atoms with van der Waals surface area (Å²) in [7, 11) is 0. The Morgan fingerprint density at radius 2 is 1.39 bits per heavy atom. The van der Waals surface area contributed by atoms with Gasteiger partial charge in [0.05, 0.1) is 18.0 Å². The second kappa shape index (κ2) is 9.48. The predicted molar refractivity (Wildman–Crippen MR) is 110 cm³/mol. The highest BCUT2D eigenvalue weighted by Gasteiger charge is 2.10. The monoisotopic (exact) mass is 393 g/mol. The maximum absolute atomic E-state index is 12.0. The summed E-state index contributed by atoms with van der Waals surface area (Å²) in [5.41, 5.74) is 2.79. The maximum Gasteiger partial charge on any atom is 0.261 e. The molecule has 6 nitrogen and oxygen atoms in total. The van der Waals surface area contributed by atoms with Gasteiger partial charge in [-0.15, -0.1) is 11.3 Å². The van der Waals surface area contributed by atoms with Gasteiger partial charge in [0.1, 0.15) is 0 Å². The van der Waals surface area contributed by atoms with Crippen LogP contribution in [0.3, 0.4) is 0 Å². The first-order valence-electron chi connectivity index (χ1n) is 8.65. The van der Waals surface area contributed by atoms with Gasteiger partial charge in [-0.2, -0.15) is 0 Å². The maximum atomic E-state index is 12.0. The van der Waals surface area contributed by atoms with E-state index in [0.29, 0.717) is 10.6 Å². The first kappa shape index (κ1) is 19.3. The summed E-state index contributed by atoms with van der Waals surface area (Å²) in [6.07, 6.45) is 0. The molecule has 0 fully saturated rings. The number of amides is 3. The molecule has 0 aliphatic heterocycles. The molecule has 3 rings (SSSR count). The molecule has 0 saturated heterocycles. The zero-order valence-electron chi connectivity index (χ0n) is 15.0. The van der Waals surface area contributed by atoms with E-state index in [4.69, 9.17) is 0 Å². The smallest absolute Gasteiger partial charge is 0.261 e. The molecule has 142 valence electrons. The molecule has 1 aromatic heterocycles. The normalized spacial score (nSPS) is 10.1. The van der Waals surface area contributed by atoms with Crippen LogP contribution in [0.25, 0.3) is 11.1 Å². The van der Waals surface area contributed by atoms with E-state index in [-0.39, 0.29) is 24.9 Å². The number of carbonyl (C=O) groups excluding carboxylic acids is 3. The fourth-order valence-electron chi connectivity index (χ4n) is 2.48. The highest BCUT2D eigenvalue weighted by atomic mass is 32.1. The summed E-state index contributed by atoms with van der Waals surface area (Å²) in [5, 5.41) is 9.49. The Hall–Kier alpha value is -3.45. The topological polar surface area (TPSA) is 87.3 Å². The Bertz CT molecular complexity index is 939. The van der Waals surface area contributed by atoms with E-state index < -0.39 is 5.91 Å². The molecule has 3 amide bonds. The minimum Gasteiger partial charge on any atom is -0.345 e. The van der Waals surface area contributed by atoms with Crippen molar-refractivity contribution in [3.05, 3.63) is 77.0 Å². The molecule has 0 aliphatic carbocycles. The molecule has 7 heteroatoms. The number of rotatable bonds is 7. The molecule has 0 unspecified atom stereocenters. The number of hydrogen-bond donors (Lipinski definition) is 3. The van der Waals surface area contributed by atoms with E-state index >= 15 is 0 Å². The molecule has 0 radical (unpaired) electrons. The zero-order chi connectivity index (χ0) is 19.8. The Balaban J connectivity index is 1.41. The van der Waals surface area contributed by atoms with Gasteiger partial charge in [-0.25, -0.2) is 0 Å².